The van der Waals surface area contributed by atoms with E-state index in [9.17, 15) is 0 Å². The van der Waals surface area contributed by atoms with E-state index in [4.69, 9.17) is 4.52 Å². The number of nitrogens with zero attached hydrogens (tertiary/aromatic N) is 3. The lowest BCUT2D eigenvalue weighted by Gasteiger charge is -2.24. The molecule has 0 atom stereocenters. The lowest BCUT2D eigenvalue weighted by atomic mass is 10.0. The van der Waals surface area contributed by atoms with Gasteiger partial charge >= 0.3 is 0 Å². The maximum absolute atomic E-state index is 5.91. The molecule has 0 unspecified atom stereocenters. The van der Waals surface area contributed by atoms with Gasteiger partial charge in [-0.25, -0.2) is 0 Å². The highest BCUT2D eigenvalue weighted by Gasteiger charge is 2.16. The van der Waals surface area contributed by atoms with E-state index in [2.05, 4.69) is 107 Å². The predicted octanol–water partition coefficient (Wildman–Crippen LogP) is 7.10. The summed E-state index contributed by atoms with van der Waals surface area (Å²) < 4.78 is 5.91. The van der Waals surface area contributed by atoms with Crippen LogP contribution in [-0.2, 0) is 6.54 Å². The zero-order valence-electron chi connectivity index (χ0n) is 19.5. The summed E-state index contributed by atoms with van der Waals surface area (Å²) in [5.41, 5.74) is 4.46. The quantitative estimate of drug-likeness (QED) is 0.288. The molecule has 0 radical (unpaired) electrons. The molecule has 3 aromatic carbocycles. The molecule has 1 aliphatic heterocycles. The minimum atomic E-state index is 0.761. The van der Waals surface area contributed by atoms with Gasteiger partial charge in [0.15, 0.2) is 0 Å². The van der Waals surface area contributed by atoms with Gasteiger partial charge in [0.05, 0.1) is 0 Å². The van der Waals surface area contributed by atoms with Crippen LogP contribution in [0.25, 0.3) is 22.0 Å². The maximum atomic E-state index is 5.91. The first-order chi connectivity index (χ1) is 16.8. The molecular formula is C30H29N3O. The number of anilines is 1. The minimum Gasteiger partial charge on any atom is -0.354 e. The summed E-state index contributed by atoms with van der Waals surface area (Å²) in [4.78, 5) is 4.52. The van der Waals surface area contributed by atoms with Crippen molar-refractivity contribution in [2.75, 3.05) is 18.0 Å². The topological polar surface area (TPSA) is 32.5 Å². The van der Waals surface area contributed by atoms with Crippen molar-refractivity contribution >= 4 is 16.7 Å². The van der Waals surface area contributed by atoms with Gasteiger partial charge in [-0.1, -0.05) is 84.0 Å². The summed E-state index contributed by atoms with van der Waals surface area (Å²) in [7, 11) is 0. The van der Waals surface area contributed by atoms with Crippen molar-refractivity contribution in [3.05, 3.63) is 121 Å². The van der Waals surface area contributed by atoms with Crippen LogP contribution >= 0.6 is 0 Å². The van der Waals surface area contributed by atoms with Crippen LogP contribution in [-0.4, -0.2) is 23.1 Å². The molecule has 1 aromatic heterocycles. The molecule has 170 valence electrons. The van der Waals surface area contributed by atoms with Crippen molar-refractivity contribution in [2.45, 2.75) is 19.9 Å². The molecule has 0 bridgehead atoms. The fraction of sp³-hybridized carbons (Fsp3) is 0.167. The van der Waals surface area contributed by atoms with Crippen LogP contribution in [0.5, 0.6) is 0 Å². The van der Waals surface area contributed by atoms with Crippen molar-refractivity contribution < 1.29 is 4.52 Å². The first-order valence-electron chi connectivity index (χ1n) is 11.8. The van der Waals surface area contributed by atoms with Crippen LogP contribution in [0.4, 0.5) is 5.88 Å². The number of aromatic nitrogens is 1. The summed E-state index contributed by atoms with van der Waals surface area (Å²) >= 11 is 0. The van der Waals surface area contributed by atoms with Crippen molar-refractivity contribution in [1.82, 2.24) is 10.1 Å². The van der Waals surface area contributed by atoms with Gasteiger partial charge in [0.2, 0.25) is 5.88 Å². The molecule has 0 fully saturated rings. The molecule has 1 aliphatic rings. The van der Waals surface area contributed by atoms with Gasteiger partial charge in [-0.05, 0) is 47.4 Å². The second-order valence-corrected chi connectivity index (χ2v) is 8.58. The van der Waals surface area contributed by atoms with Crippen LogP contribution in [0, 0.1) is 6.92 Å². The van der Waals surface area contributed by atoms with E-state index in [0.717, 1.165) is 43.2 Å². The lowest BCUT2D eigenvalue weighted by Crippen LogP contribution is -2.26. The molecule has 34 heavy (non-hydrogen) atoms. The molecule has 4 nitrogen and oxygen atoms in total. The van der Waals surface area contributed by atoms with Crippen molar-refractivity contribution in [3.8, 4) is 11.3 Å². The Morgan fingerprint density at radius 3 is 2.47 bits per heavy atom. The van der Waals surface area contributed by atoms with Gasteiger partial charge in [0, 0.05) is 43.7 Å². The minimum absolute atomic E-state index is 0.761. The fourth-order valence-corrected chi connectivity index (χ4v) is 4.40. The van der Waals surface area contributed by atoms with Gasteiger partial charge in [0.1, 0.15) is 5.69 Å². The van der Waals surface area contributed by atoms with Crippen LogP contribution in [0.1, 0.15) is 17.5 Å². The zero-order valence-corrected chi connectivity index (χ0v) is 19.5. The monoisotopic (exact) mass is 447 g/mol. The Hall–Kier alpha value is -4.05. The molecule has 5 rings (SSSR count). The molecule has 0 saturated carbocycles. The summed E-state index contributed by atoms with van der Waals surface area (Å²) in [6.45, 7) is 4.66. The highest BCUT2D eigenvalue weighted by Crippen LogP contribution is 2.29. The number of aryl methyl sites for hydroxylation is 1. The average molecular weight is 448 g/mol. The summed E-state index contributed by atoms with van der Waals surface area (Å²) in [6.07, 6.45) is 13.4. The second-order valence-electron chi connectivity index (χ2n) is 8.58. The fourth-order valence-electron chi connectivity index (χ4n) is 4.40. The zero-order chi connectivity index (χ0) is 23.2. The molecule has 4 heteroatoms. The summed E-state index contributed by atoms with van der Waals surface area (Å²) in [5, 5.41) is 6.96. The Kier molecular flexibility index (Phi) is 6.57. The van der Waals surface area contributed by atoms with Gasteiger partial charge in [-0.2, -0.15) is 0 Å². The highest BCUT2D eigenvalue weighted by molar-refractivity contribution is 5.85. The third-order valence-electron chi connectivity index (χ3n) is 6.20. The smallest absolute Gasteiger partial charge is 0.228 e. The van der Waals surface area contributed by atoms with Crippen molar-refractivity contribution in [3.63, 3.8) is 0 Å². The molecule has 4 aromatic rings. The number of hydrogen-bond acceptors (Lipinski definition) is 4. The molecule has 2 heterocycles. The molecule has 0 aliphatic carbocycles. The normalized spacial score (nSPS) is 12.9. The van der Waals surface area contributed by atoms with Crippen LogP contribution in [0.3, 0.4) is 0 Å². The number of allylic oxidation sites excluding steroid dienone is 4. The average Bonchev–Trinajstić information content (AvgIpc) is 3.20. The van der Waals surface area contributed by atoms with Gasteiger partial charge in [-0.15, -0.1) is 0 Å². The number of fused-ring (bicyclic) bond motifs is 1. The van der Waals surface area contributed by atoms with E-state index in [-0.39, 0.29) is 0 Å². The predicted molar refractivity (Wildman–Crippen MR) is 140 cm³/mol. The molecular weight excluding hydrogens is 418 g/mol. The van der Waals surface area contributed by atoms with Crippen LogP contribution in [0.2, 0.25) is 0 Å². The third kappa shape index (κ3) is 4.96. The molecule has 0 spiro atoms. The number of hydrogen-bond donors (Lipinski definition) is 0. The Morgan fingerprint density at radius 1 is 0.853 bits per heavy atom. The molecule has 0 saturated heterocycles. The van der Waals surface area contributed by atoms with Gasteiger partial charge < -0.3 is 14.3 Å². The van der Waals surface area contributed by atoms with Gasteiger partial charge in [0.25, 0.3) is 0 Å². The third-order valence-corrected chi connectivity index (χ3v) is 6.20. The van der Waals surface area contributed by atoms with Crippen LogP contribution < -0.4 is 4.90 Å². The van der Waals surface area contributed by atoms with E-state index < -0.39 is 0 Å². The standard InChI is InChI=1S/C30H29N3O/c1-24-12-4-6-16-27(24)29-22-30(34-31-29)33(21-11-20-32-18-8-2-3-9-19-32)23-26-15-10-14-25-13-5-7-17-28(25)26/h2-10,12-19,22H,11,20-21,23H2,1H3. The van der Waals surface area contributed by atoms with E-state index in [0.29, 0.717) is 0 Å². The van der Waals surface area contributed by atoms with E-state index in [1.54, 1.807) is 0 Å². The Bertz CT molecular complexity index is 1330. The SMILES string of the molecule is Cc1ccccc1-c1cc(N(CCCN2C=CC=CC=C2)Cc2cccc3ccccc23)on1. The van der Waals surface area contributed by atoms with Crippen molar-refractivity contribution in [2.24, 2.45) is 0 Å². The van der Waals surface area contributed by atoms with Crippen LogP contribution in [0.15, 0.2) is 114 Å². The highest BCUT2D eigenvalue weighted by atomic mass is 16.5. The Labute approximate surface area is 201 Å². The first-order valence-corrected chi connectivity index (χ1v) is 11.8. The largest absolute Gasteiger partial charge is 0.354 e. The second kappa shape index (κ2) is 10.3. The van der Waals surface area contributed by atoms with E-state index in [1.165, 1.54) is 21.9 Å². The lowest BCUT2D eigenvalue weighted by molar-refractivity contribution is 0.411. The summed E-state index contributed by atoms with van der Waals surface area (Å²) in [6, 6.07) is 25.4. The number of rotatable bonds is 8. The molecule has 0 N–H and O–H groups in total. The number of benzene rings is 3. The van der Waals surface area contributed by atoms with E-state index >= 15 is 0 Å². The Morgan fingerprint density at radius 2 is 1.62 bits per heavy atom. The molecule has 0 amide bonds. The van der Waals surface area contributed by atoms with Crippen molar-refractivity contribution in [1.29, 1.82) is 0 Å². The van der Waals surface area contributed by atoms with Gasteiger partial charge in [-0.3, -0.25) is 0 Å². The maximum Gasteiger partial charge on any atom is 0.228 e. The first kappa shape index (κ1) is 21.8. The Balaban J connectivity index is 1.40. The summed E-state index contributed by atoms with van der Waals surface area (Å²) in [5.74, 6) is 0.801. The van der Waals surface area contributed by atoms with E-state index in [1.807, 2.05) is 24.3 Å².